The molecule has 1 aromatic carbocycles. The molecule has 0 unspecified atom stereocenters. The number of hydrogen-bond donors (Lipinski definition) is 0. The molecule has 0 spiro atoms. The maximum absolute atomic E-state index is 11.8. The van der Waals surface area contributed by atoms with Gasteiger partial charge in [0.2, 0.25) is 5.90 Å². The monoisotopic (exact) mass is 399 g/mol. The van der Waals surface area contributed by atoms with Crippen LogP contribution in [0.5, 0.6) is 0 Å². The molecule has 1 aliphatic rings. The lowest BCUT2D eigenvalue weighted by Gasteiger charge is -1.98. The van der Waals surface area contributed by atoms with Crippen molar-refractivity contribution in [2.24, 2.45) is 4.99 Å². The molecule has 0 bridgehead atoms. The van der Waals surface area contributed by atoms with Crippen molar-refractivity contribution in [2.45, 2.75) is 0 Å². The molecule has 0 N–H and O–H groups in total. The van der Waals surface area contributed by atoms with Crippen molar-refractivity contribution >= 4 is 52.1 Å². The smallest absolute Gasteiger partial charge is 0.363 e. The molecule has 4 nitrogen and oxygen atoms in total. The third-order valence-corrected chi connectivity index (χ3v) is 3.38. The van der Waals surface area contributed by atoms with E-state index >= 15 is 0 Å². The molecule has 0 atom stereocenters. The van der Waals surface area contributed by atoms with Gasteiger partial charge >= 0.3 is 5.97 Å². The topological polar surface area (TPSA) is 51.8 Å². The van der Waals surface area contributed by atoms with Gasteiger partial charge in [-0.05, 0) is 52.9 Å². The van der Waals surface area contributed by atoms with Gasteiger partial charge in [-0.25, -0.2) is 9.79 Å². The molecule has 1 aromatic heterocycles. The van der Waals surface area contributed by atoms with E-state index < -0.39 is 5.97 Å². The Morgan fingerprint density at radius 2 is 2.10 bits per heavy atom. The van der Waals surface area contributed by atoms with Crippen LogP contribution in [0, 0.1) is 3.77 Å². The van der Waals surface area contributed by atoms with Crippen LogP contribution in [-0.4, -0.2) is 11.9 Å². The molecule has 6 heteroatoms. The van der Waals surface area contributed by atoms with Gasteiger partial charge in [0.1, 0.15) is 5.76 Å². The molecule has 0 saturated heterocycles. The molecule has 0 aliphatic carbocycles. The third kappa shape index (κ3) is 2.78. The number of furan rings is 1. The molecule has 0 saturated carbocycles. The number of hydrogen-bond acceptors (Lipinski definition) is 4. The summed E-state index contributed by atoms with van der Waals surface area (Å²) >= 11 is 7.95. The molecule has 20 heavy (non-hydrogen) atoms. The van der Waals surface area contributed by atoms with Gasteiger partial charge in [-0.1, -0.05) is 17.7 Å². The number of cyclic esters (lactones) is 1. The van der Waals surface area contributed by atoms with E-state index in [1.807, 2.05) is 22.6 Å². The Bertz CT molecular complexity index is 748. The van der Waals surface area contributed by atoms with Crippen LogP contribution in [0.25, 0.3) is 6.08 Å². The van der Waals surface area contributed by atoms with E-state index in [2.05, 4.69) is 4.99 Å². The van der Waals surface area contributed by atoms with Gasteiger partial charge < -0.3 is 9.15 Å². The lowest BCUT2D eigenvalue weighted by molar-refractivity contribution is -0.129. The highest BCUT2D eigenvalue weighted by Crippen LogP contribution is 2.21. The Kier molecular flexibility index (Phi) is 3.62. The number of ether oxygens (including phenoxy) is 1. The van der Waals surface area contributed by atoms with Crippen molar-refractivity contribution in [3.63, 3.8) is 0 Å². The van der Waals surface area contributed by atoms with Gasteiger partial charge in [-0.2, -0.15) is 0 Å². The van der Waals surface area contributed by atoms with Crippen LogP contribution in [0.1, 0.15) is 11.3 Å². The summed E-state index contributed by atoms with van der Waals surface area (Å²) in [7, 11) is 0. The predicted molar refractivity (Wildman–Crippen MR) is 83.5 cm³/mol. The number of aliphatic imine (C=N–C) groups is 1. The molecule has 100 valence electrons. The number of nitrogens with zero attached hydrogens (tertiary/aromatic N) is 1. The Balaban J connectivity index is 1.94. The molecule has 3 rings (SSSR count). The molecular weight excluding hydrogens is 393 g/mol. The average Bonchev–Trinajstić information content (AvgIpc) is 2.97. The standard InChI is InChI=1S/C14H7ClINO3/c15-9-3-1-2-8(6-9)13-17-11(14(18)20-13)7-10-4-5-12(16)19-10/h1-7H/b11-7+. The highest BCUT2D eigenvalue weighted by molar-refractivity contribution is 14.1. The van der Waals surface area contributed by atoms with Gasteiger partial charge in [-0.15, -0.1) is 0 Å². The Morgan fingerprint density at radius 1 is 1.25 bits per heavy atom. The SMILES string of the molecule is O=C1OC(c2cccc(Cl)c2)=N/C1=C/c1ccc(I)o1. The van der Waals surface area contributed by atoms with Crippen molar-refractivity contribution in [1.29, 1.82) is 0 Å². The number of halogens is 2. The first-order valence-corrected chi connectivity index (χ1v) is 7.11. The highest BCUT2D eigenvalue weighted by atomic mass is 127. The van der Waals surface area contributed by atoms with E-state index in [0.29, 0.717) is 16.3 Å². The minimum Gasteiger partial charge on any atom is -0.451 e. The van der Waals surface area contributed by atoms with Crippen LogP contribution in [0.3, 0.4) is 0 Å². The van der Waals surface area contributed by atoms with Crippen molar-refractivity contribution in [3.05, 3.63) is 62.2 Å². The van der Waals surface area contributed by atoms with Crippen LogP contribution in [0.2, 0.25) is 5.02 Å². The van der Waals surface area contributed by atoms with Crippen molar-refractivity contribution < 1.29 is 13.9 Å². The number of esters is 1. The van der Waals surface area contributed by atoms with Crippen LogP contribution >= 0.6 is 34.2 Å². The molecule has 0 radical (unpaired) electrons. The third-order valence-electron chi connectivity index (χ3n) is 2.57. The van der Waals surface area contributed by atoms with E-state index in [0.717, 1.165) is 3.77 Å². The Morgan fingerprint density at radius 3 is 2.80 bits per heavy atom. The van der Waals surface area contributed by atoms with Crippen LogP contribution in [0.15, 0.2) is 51.5 Å². The summed E-state index contributed by atoms with van der Waals surface area (Å²) in [4.78, 5) is 15.9. The van der Waals surface area contributed by atoms with E-state index in [4.69, 9.17) is 20.8 Å². The second-order valence-electron chi connectivity index (χ2n) is 3.99. The summed E-state index contributed by atoms with van der Waals surface area (Å²) < 4.78 is 11.2. The second-order valence-corrected chi connectivity index (χ2v) is 5.49. The fourth-order valence-electron chi connectivity index (χ4n) is 1.69. The van der Waals surface area contributed by atoms with Gasteiger partial charge in [-0.3, -0.25) is 0 Å². The van der Waals surface area contributed by atoms with Crippen LogP contribution < -0.4 is 0 Å². The summed E-state index contributed by atoms with van der Waals surface area (Å²) in [6.07, 6.45) is 1.54. The number of carbonyl (C=O) groups is 1. The average molecular weight is 400 g/mol. The van der Waals surface area contributed by atoms with Crippen molar-refractivity contribution in [1.82, 2.24) is 0 Å². The lowest BCUT2D eigenvalue weighted by Crippen LogP contribution is -2.05. The van der Waals surface area contributed by atoms with Gasteiger partial charge in [0.25, 0.3) is 0 Å². The molecule has 1 aliphatic heterocycles. The summed E-state index contributed by atoms with van der Waals surface area (Å²) in [5.41, 5.74) is 0.856. The van der Waals surface area contributed by atoms with Crippen LogP contribution in [-0.2, 0) is 9.53 Å². The maximum atomic E-state index is 11.8. The summed E-state index contributed by atoms with van der Waals surface area (Å²) in [6.45, 7) is 0. The summed E-state index contributed by atoms with van der Waals surface area (Å²) in [5, 5.41) is 0.555. The number of benzene rings is 1. The Labute approximate surface area is 133 Å². The van der Waals surface area contributed by atoms with Crippen molar-refractivity contribution in [2.75, 3.05) is 0 Å². The zero-order chi connectivity index (χ0) is 14.1. The van der Waals surface area contributed by atoms with E-state index in [1.165, 1.54) is 0 Å². The highest BCUT2D eigenvalue weighted by Gasteiger charge is 2.24. The molecular formula is C14H7ClINO3. The number of carbonyl (C=O) groups excluding carboxylic acids is 1. The minimum atomic E-state index is -0.508. The molecule has 2 aromatic rings. The van der Waals surface area contributed by atoms with E-state index in [-0.39, 0.29) is 11.6 Å². The minimum absolute atomic E-state index is 0.200. The first-order chi connectivity index (χ1) is 9.61. The normalized spacial score (nSPS) is 16.4. The molecule has 0 fully saturated rings. The quantitative estimate of drug-likeness (QED) is 0.437. The van der Waals surface area contributed by atoms with Crippen molar-refractivity contribution in [3.8, 4) is 0 Å². The first-order valence-electron chi connectivity index (χ1n) is 5.66. The lowest BCUT2D eigenvalue weighted by atomic mass is 10.2. The van der Waals surface area contributed by atoms with Gasteiger partial charge in [0, 0.05) is 16.7 Å². The number of rotatable bonds is 2. The predicted octanol–water partition coefficient (Wildman–Crippen LogP) is 3.88. The van der Waals surface area contributed by atoms with E-state index in [9.17, 15) is 4.79 Å². The fourth-order valence-corrected chi connectivity index (χ4v) is 2.32. The summed E-state index contributed by atoms with van der Waals surface area (Å²) in [6, 6.07) is 10.5. The van der Waals surface area contributed by atoms with Gasteiger partial charge in [0.05, 0.1) is 0 Å². The van der Waals surface area contributed by atoms with Gasteiger partial charge in [0.15, 0.2) is 9.46 Å². The molecule has 0 amide bonds. The Hall–Kier alpha value is -1.60. The first kappa shape index (κ1) is 13.4. The fraction of sp³-hybridized carbons (Fsp3) is 0. The second kappa shape index (κ2) is 5.41. The zero-order valence-corrected chi connectivity index (χ0v) is 12.9. The maximum Gasteiger partial charge on any atom is 0.363 e. The van der Waals surface area contributed by atoms with Crippen LogP contribution in [0.4, 0.5) is 0 Å². The summed E-state index contributed by atoms with van der Waals surface area (Å²) in [5.74, 6) is 0.286. The zero-order valence-electron chi connectivity index (χ0n) is 9.97. The largest absolute Gasteiger partial charge is 0.451 e. The van der Waals surface area contributed by atoms with E-state index in [1.54, 1.807) is 42.5 Å². The molecule has 2 heterocycles.